The fraction of sp³-hybridized carbons (Fsp3) is 0.182. The van der Waals surface area contributed by atoms with Crippen LogP contribution in [0.5, 0.6) is 0 Å². The summed E-state index contributed by atoms with van der Waals surface area (Å²) >= 11 is 0. The first-order valence-corrected chi connectivity index (χ1v) is 4.12. The van der Waals surface area contributed by atoms with Gasteiger partial charge in [0.15, 0.2) is 0 Å². The summed E-state index contributed by atoms with van der Waals surface area (Å²) in [5, 5.41) is 8.83. The van der Waals surface area contributed by atoms with Crippen molar-refractivity contribution < 1.29 is 9.90 Å². The Morgan fingerprint density at radius 2 is 1.85 bits per heavy atom. The molecule has 1 rings (SSSR count). The molecule has 68 valence electrons. The third-order valence-corrected chi connectivity index (χ3v) is 1.88. The van der Waals surface area contributed by atoms with Crippen LogP contribution in [0.15, 0.2) is 30.3 Å². The Kier molecular flexibility index (Phi) is 2.85. The van der Waals surface area contributed by atoms with Gasteiger partial charge in [-0.15, -0.1) is 0 Å². The largest absolute Gasteiger partial charge is 0.478 e. The Bertz CT molecular complexity index is 334. The molecule has 1 aromatic carbocycles. The highest BCUT2D eigenvalue weighted by molar-refractivity contribution is 6.15. The minimum Gasteiger partial charge on any atom is -0.478 e. The normalized spacial score (nSPS) is 11.4. The number of carboxylic acid groups (broad SMARTS) is 1. The number of aryl methyl sites for hydroxylation is 1. The maximum Gasteiger partial charge on any atom is 0.335 e. The highest BCUT2D eigenvalue weighted by Gasteiger charge is 2.07. The van der Waals surface area contributed by atoms with Gasteiger partial charge < -0.3 is 5.11 Å². The molecule has 0 aliphatic heterocycles. The summed E-state index contributed by atoms with van der Waals surface area (Å²) in [7, 11) is 0. The molecule has 0 unspecified atom stereocenters. The smallest absolute Gasteiger partial charge is 0.335 e. The Labute approximate surface area is 77.5 Å². The summed E-state index contributed by atoms with van der Waals surface area (Å²) in [5.41, 5.74) is 2.23. The number of rotatable bonds is 2. The second kappa shape index (κ2) is 3.90. The highest BCUT2D eigenvalue weighted by atomic mass is 16.4. The van der Waals surface area contributed by atoms with E-state index in [1.165, 1.54) is 0 Å². The molecule has 1 N–H and O–H groups in total. The van der Waals surface area contributed by atoms with Gasteiger partial charge in [-0.2, -0.15) is 0 Å². The summed E-state index contributed by atoms with van der Waals surface area (Å²) in [6.07, 6.45) is 1.60. The summed E-state index contributed by atoms with van der Waals surface area (Å²) in [6.45, 7) is 3.70. The molecule has 0 heterocycles. The quantitative estimate of drug-likeness (QED) is 0.703. The van der Waals surface area contributed by atoms with Gasteiger partial charge in [0, 0.05) is 0 Å². The van der Waals surface area contributed by atoms with Gasteiger partial charge >= 0.3 is 5.97 Å². The number of carbonyl (C=O) groups is 1. The molecule has 2 nitrogen and oxygen atoms in total. The van der Waals surface area contributed by atoms with Crippen LogP contribution in [0.1, 0.15) is 18.1 Å². The van der Waals surface area contributed by atoms with Crippen molar-refractivity contribution in [3.63, 3.8) is 0 Å². The van der Waals surface area contributed by atoms with E-state index in [0.29, 0.717) is 5.57 Å². The molecule has 0 bridgehead atoms. The first-order valence-electron chi connectivity index (χ1n) is 4.12. The van der Waals surface area contributed by atoms with E-state index in [0.717, 1.165) is 11.1 Å². The molecule has 0 atom stereocenters. The van der Waals surface area contributed by atoms with Crippen molar-refractivity contribution in [2.45, 2.75) is 13.8 Å². The van der Waals surface area contributed by atoms with Crippen LogP contribution in [-0.4, -0.2) is 11.1 Å². The van der Waals surface area contributed by atoms with Crippen LogP contribution in [0.25, 0.3) is 5.57 Å². The fourth-order valence-corrected chi connectivity index (χ4v) is 1.15. The number of hydrogen-bond donors (Lipinski definition) is 1. The van der Waals surface area contributed by atoms with Crippen LogP contribution in [0, 0.1) is 6.92 Å². The van der Waals surface area contributed by atoms with Gasteiger partial charge in [0.1, 0.15) is 0 Å². The van der Waals surface area contributed by atoms with E-state index in [2.05, 4.69) is 0 Å². The van der Waals surface area contributed by atoms with Crippen LogP contribution < -0.4 is 0 Å². The lowest BCUT2D eigenvalue weighted by Crippen LogP contribution is -1.98. The van der Waals surface area contributed by atoms with Crippen molar-refractivity contribution in [3.8, 4) is 0 Å². The summed E-state index contributed by atoms with van der Waals surface area (Å²) in [4.78, 5) is 10.7. The topological polar surface area (TPSA) is 37.3 Å². The van der Waals surface area contributed by atoms with Crippen LogP contribution in [0.3, 0.4) is 0 Å². The van der Waals surface area contributed by atoms with Gasteiger partial charge in [-0.3, -0.25) is 0 Å². The Morgan fingerprint density at radius 3 is 2.23 bits per heavy atom. The molecule has 0 aliphatic rings. The van der Waals surface area contributed by atoms with Crippen molar-refractivity contribution in [1.29, 1.82) is 0 Å². The van der Waals surface area contributed by atoms with Gasteiger partial charge in [0.25, 0.3) is 0 Å². The van der Waals surface area contributed by atoms with Crippen LogP contribution in [-0.2, 0) is 4.79 Å². The Hall–Kier alpha value is -1.57. The average Bonchev–Trinajstić information content (AvgIpc) is 2.09. The number of aliphatic carboxylic acids is 1. The van der Waals surface area contributed by atoms with E-state index >= 15 is 0 Å². The predicted octanol–water partition coefficient (Wildman–Crippen LogP) is 2.48. The van der Waals surface area contributed by atoms with Crippen molar-refractivity contribution in [3.05, 3.63) is 41.5 Å². The zero-order valence-corrected chi connectivity index (χ0v) is 7.74. The van der Waals surface area contributed by atoms with Crippen LogP contribution in [0.2, 0.25) is 0 Å². The maximum absolute atomic E-state index is 10.7. The van der Waals surface area contributed by atoms with Crippen molar-refractivity contribution in [1.82, 2.24) is 0 Å². The number of hydrogen-bond acceptors (Lipinski definition) is 1. The van der Waals surface area contributed by atoms with Gasteiger partial charge in [-0.1, -0.05) is 35.9 Å². The molecule has 0 fully saturated rings. The van der Waals surface area contributed by atoms with E-state index in [4.69, 9.17) is 5.11 Å². The maximum atomic E-state index is 10.7. The van der Waals surface area contributed by atoms with E-state index in [1.807, 2.05) is 31.2 Å². The van der Waals surface area contributed by atoms with E-state index in [9.17, 15) is 4.79 Å². The van der Waals surface area contributed by atoms with Crippen LogP contribution >= 0.6 is 0 Å². The molecule has 1 aromatic rings. The zero-order chi connectivity index (χ0) is 9.84. The number of allylic oxidation sites excluding steroid dienone is 1. The highest BCUT2D eigenvalue weighted by Crippen LogP contribution is 2.14. The Balaban J connectivity index is 3.07. The van der Waals surface area contributed by atoms with Crippen molar-refractivity contribution in [2.75, 3.05) is 0 Å². The molecule has 13 heavy (non-hydrogen) atoms. The second-order valence-electron chi connectivity index (χ2n) is 2.87. The van der Waals surface area contributed by atoms with Crippen molar-refractivity contribution in [2.24, 2.45) is 0 Å². The predicted molar refractivity (Wildman–Crippen MR) is 52.5 cm³/mol. The molecular formula is C11H12O2. The minimum atomic E-state index is -0.883. The zero-order valence-electron chi connectivity index (χ0n) is 7.74. The van der Waals surface area contributed by atoms with Gasteiger partial charge in [-0.05, 0) is 19.4 Å². The molecule has 0 spiro atoms. The fourth-order valence-electron chi connectivity index (χ4n) is 1.15. The standard InChI is InChI=1S/C11H12O2/c1-3-10(11(12)13)9-6-4-8(2)5-7-9/h3-7H,1-2H3,(H,12,13)/b10-3-. The molecule has 0 saturated carbocycles. The molecule has 2 heteroatoms. The Morgan fingerprint density at radius 1 is 1.31 bits per heavy atom. The molecule has 0 aromatic heterocycles. The second-order valence-corrected chi connectivity index (χ2v) is 2.87. The summed E-state index contributed by atoms with van der Waals surface area (Å²) < 4.78 is 0. The number of carboxylic acids is 1. The average molecular weight is 176 g/mol. The molecule has 0 saturated heterocycles. The molecule has 0 radical (unpaired) electrons. The minimum absolute atomic E-state index is 0.347. The number of benzene rings is 1. The molecule has 0 amide bonds. The van der Waals surface area contributed by atoms with Gasteiger partial charge in [0.05, 0.1) is 5.57 Å². The van der Waals surface area contributed by atoms with Gasteiger partial charge in [-0.25, -0.2) is 4.79 Å². The third kappa shape index (κ3) is 2.18. The van der Waals surface area contributed by atoms with E-state index in [-0.39, 0.29) is 0 Å². The third-order valence-electron chi connectivity index (χ3n) is 1.88. The van der Waals surface area contributed by atoms with E-state index < -0.39 is 5.97 Å². The molecule has 0 aliphatic carbocycles. The lowest BCUT2D eigenvalue weighted by Gasteiger charge is -2.01. The lowest BCUT2D eigenvalue weighted by molar-refractivity contribution is -0.130. The van der Waals surface area contributed by atoms with Gasteiger partial charge in [0.2, 0.25) is 0 Å². The SMILES string of the molecule is C/C=C(\C(=O)O)c1ccc(C)cc1. The lowest BCUT2D eigenvalue weighted by atomic mass is 10.0. The van der Waals surface area contributed by atoms with Crippen LogP contribution in [0.4, 0.5) is 0 Å². The van der Waals surface area contributed by atoms with E-state index in [1.54, 1.807) is 13.0 Å². The van der Waals surface area contributed by atoms with Crippen molar-refractivity contribution >= 4 is 11.5 Å². The summed E-state index contributed by atoms with van der Waals surface area (Å²) in [5.74, 6) is -0.883. The first kappa shape index (κ1) is 9.52. The monoisotopic (exact) mass is 176 g/mol. The first-order chi connectivity index (χ1) is 6.15. The summed E-state index contributed by atoms with van der Waals surface area (Å²) in [6, 6.07) is 7.45. The molecular weight excluding hydrogens is 164 g/mol.